The lowest BCUT2D eigenvalue weighted by Crippen LogP contribution is -2.73. The van der Waals surface area contributed by atoms with Gasteiger partial charge in [0.15, 0.2) is 0 Å². The van der Waals surface area contributed by atoms with Crippen LogP contribution in [-0.4, -0.2) is 76.7 Å². The van der Waals surface area contributed by atoms with E-state index in [0.29, 0.717) is 25.3 Å². The van der Waals surface area contributed by atoms with E-state index in [9.17, 15) is 14.4 Å². The van der Waals surface area contributed by atoms with Crippen LogP contribution < -0.4 is 5.32 Å². The predicted octanol–water partition coefficient (Wildman–Crippen LogP) is 4.74. The fraction of sp³-hybridized carbons (Fsp3) is 0.719. The quantitative estimate of drug-likeness (QED) is 0.521. The van der Waals surface area contributed by atoms with Crippen LogP contribution in [-0.2, 0) is 16.1 Å². The second-order valence-electron chi connectivity index (χ2n) is 12.5. The number of piperidine rings is 2. The fourth-order valence-electron chi connectivity index (χ4n) is 7.30. The van der Waals surface area contributed by atoms with E-state index in [1.807, 2.05) is 21.9 Å². The van der Waals surface area contributed by atoms with Gasteiger partial charge in [-0.25, -0.2) is 0 Å². The Morgan fingerprint density at radius 1 is 0.923 bits per heavy atom. The van der Waals surface area contributed by atoms with Gasteiger partial charge in [-0.3, -0.25) is 19.3 Å². The summed E-state index contributed by atoms with van der Waals surface area (Å²) in [5.74, 6) is 0.914. The molecule has 0 unspecified atom stereocenters. The van der Waals surface area contributed by atoms with Crippen molar-refractivity contribution in [2.75, 3.05) is 32.7 Å². The second-order valence-corrected chi connectivity index (χ2v) is 12.5. The predicted molar refractivity (Wildman–Crippen MR) is 153 cm³/mol. The fourth-order valence-corrected chi connectivity index (χ4v) is 7.30. The number of carbonyl (C=O) groups is 3. The molecule has 0 aromatic heterocycles. The normalized spacial score (nSPS) is 24.7. The molecule has 1 aromatic carbocycles. The van der Waals surface area contributed by atoms with E-state index in [0.717, 1.165) is 70.4 Å². The van der Waals surface area contributed by atoms with Crippen LogP contribution in [0.5, 0.6) is 0 Å². The van der Waals surface area contributed by atoms with Crippen LogP contribution in [0.3, 0.4) is 0 Å². The van der Waals surface area contributed by atoms with Crippen molar-refractivity contribution in [1.29, 1.82) is 0 Å². The van der Waals surface area contributed by atoms with Crippen LogP contribution in [0.25, 0.3) is 0 Å². The zero-order valence-electron chi connectivity index (χ0n) is 24.0. The number of nitrogens with one attached hydrogen (secondary N) is 1. The number of rotatable bonds is 8. The molecule has 4 fully saturated rings. The van der Waals surface area contributed by atoms with Crippen LogP contribution in [0.4, 0.5) is 0 Å². The van der Waals surface area contributed by atoms with E-state index in [2.05, 4.69) is 29.3 Å². The van der Waals surface area contributed by atoms with Crippen molar-refractivity contribution in [2.45, 2.75) is 109 Å². The molecule has 3 saturated heterocycles. The van der Waals surface area contributed by atoms with Gasteiger partial charge in [-0.1, -0.05) is 57.6 Å². The third kappa shape index (κ3) is 6.34. The molecule has 1 N–H and O–H groups in total. The topological polar surface area (TPSA) is 73.0 Å². The molecule has 214 valence electrons. The van der Waals surface area contributed by atoms with Gasteiger partial charge in [-0.2, -0.15) is 0 Å². The number of carbonyl (C=O) groups excluding carboxylic acids is 3. The van der Waals surface area contributed by atoms with E-state index in [4.69, 9.17) is 0 Å². The molecule has 3 aliphatic heterocycles. The summed E-state index contributed by atoms with van der Waals surface area (Å²) in [5, 5.41) is 3.20. The molecule has 0 bridgehead atoms. The highest BCUT2D eigenvalue weighted by molar-refractivity contribution is 6.00. The van der Waals surface area contributed by atoms with Crippen molar-refractivity contribution in [3.63, 3.8) is 0 Å². The minimum Gasteiger partial charge on any atom is -0.342 e. The average molecular weight is 537 g/mol. The van der Waals surface area contributed by atoms with Crippen LogP contribution in [0.2, 0.25) is 0 Å². The van der Waals surface area contributed by atoms with Crippen molar-refractivity contribution in [1.82, 2.24) is 20.0 Å². The molecule has 39 heavy (non-hydrogen) atoms. The Kier molecular flexibility index (Phi) is 9.26. The number of amides is 3. The zero-order valence-corrected chi connectivity index (χ0v) is 24.0. The molecule has 1 spiro atoms. The first-order valence-corrected chi connectivity index (χ1v) is 15.7. The molecule has 7 heteroatoms. The third-order valence-corrected chi connectivity index (χ3v) is 9.77. The highest BCUT2D eigenvalue weighted by Crippen LogP contribution is 2.36. The highest BCUT2D eigenvalue weighted by atomic mass is 16.2. The van der Waals surface area contributed by atoms with Gasteiger partial charge in [0, 0.05) is 44.8 Å². The Labute approximate surface area is 234 Å². The number of unbranched alkanes of at least 4 members (excludes halogenated alkanes) is 1. The lowest BCUT2D eigenvalue weighted by atomic mass is 9.79. The number of benzene rings is 1. The van der Waals surface area contributed by atoms with Gasteiger partial charge in [0.25, 0.3) is 5.91 Å². The average Bonchev–Trinajstić information content (AvgIpc) is 2.98. The Bertz CT molecular complexity index is 989. The number of hydrogen-bond acceptors (Lipinski definition) is 4. The van der Waals surface area contributed by atoms with Gasteiger partial charge < -0.3 is 15.1 Å². The van der Waals surface area contributed by atoms with Crippen LogP contribution in [0.15, 0.2) is 24.3 Å². The molecule has 1 atom stereocenters. The maximum absolute atomic E-state index is 13.8. The van der Waals surface area contributed by atoms with E-state index < -0.39 is 5.54 Å². The summed E-state index contributed by atoms with van der Waals surface area (Å²) < 4.78 is 0. The number of piperazine rings is 1. The van der Waals surface area contributed by atoms with Crippen LogP contribution >= 0.6 is 0 Å². The summed E-state index contributed by atoms with van der Waals surface area (Å²) in [7, 11) is 0. The number of hydrogen-bond donors (Lipinski definition) is 1. The summed E-state index contributed by atoms with van der Waals surface area (Å²) in [5.41, 5.74) is 1.24. The molecule has 1 aliphatic carbocycles. The van der Waals surface area contributed by atoms with Gasteiger partial charge in [0.05, 0.1) is 0 Å². The Balaban J connectivity index is 1.20. The molecule has 1 saturated carbocycles. The van der Waals surface area contributed by atoms with Gasteiger partial charge in [0.1, 0.15) is 11.6 Å². The summed E-state index contributed by atoms with van der Waals surface area (Å²) in [6.07, 6.45) is 13.7. The molecule has 4 aliphatic rings. The van der Waals surface area contributed by atoms with E-state index in [-0.39, 0.29) is 23.8 Å². The Morgan fingerprint density at radius 3 is 2.26 bits per heavy atom. The molecule has 5 rings (SSSR count). The summed E-state index contributed by atoms with van der Waals surface area (Å²) in [6.45, 7) is 6.91. The lowest BCUT2D eigenvalue weighted by Gasteiger charge is -2.52. The highest BCUT2D eigenvalue weighted by Gasteiger charge is 2.53. The SMILES string of the molecule is CCCCN1C(=O)[C@H](CC2CCCCC2)NC(=O)C12CCN(Cc1ccc(C(=O)N3CCCCC3)cc1)CC2. The smallest absolute Gasteiger partial charge is 0.253 e. The summed E-state index contributed by atoms with van der Waals surface area (Å²) >= 11 is 0. The van der Waals surface area contributed by atoms with Crippen molar-refractivity contribution in [3.05, 3.63) is 35.4 Å². The van der Waals surface area contributed by atoms with Crippen molar-refractivity contribution < 1.29 is 14.4 Å². The summed E-state index contributed by atoms with van der Waals surface area (Å²) in [4.78, 5) is 46.6. The number of nitrogens with zero attached hydrogens (tertiary/aromatic N) is 3. The summed E-state index contributed by atoms with van der Waals surface area (Å²) in [6, 6.07) is 7.71. The largest absolute Gasteiger partial charge is 0.342 e. The van der Waals surface area contributed by atoms with Crippen molar-refractivity contribution in [3.8, 4) is 0 Å². The monoisotopic (exact) mass is 536 g/mol. The maximum Gasteiger partial charge on any atom is 0.253 e. The van der Waals surface area contributed by atoms with Crippen LogP contribution in [0, 0.1) is 5.92 Å². The van der Waals surface area contributed by atoms with E-state index >= 15 is 0 Å². The maximum atomic E-state index is 13.8. The first kappa shape index (κ1) is 28.1. The van der Waals surface area contributed by atoms with Crippen molar-refractivity contribution >= 4 is 17.7 Å². The first-order chi connectivity index (χ1) is 19.0. The van der Waals surface area contributed by atoms with E-state index in [1.165, 1.54) is 44.1 Å². The molecule has 1 aromatic rings. The van der Waals surface area contributed by atoms with Crippen LogP contribution in [0.1, 0.15) is 106 Å². The number of likely N-dealkylation sites (tertiary alicyclic amines) is 2. The molecular formula is C32H48N4O3. The minimum atomic E-state index is -0.712. The van der Waals surface area contributed by atoms with Crippen molar-refractivity contribution in [2.24, 2.45) is 5.92 Å². The molecule has 7 nitrogen and oxygen atoms in total. The van der Waals surface area contributed by atoms with Gasteiger partial charge in [0.2, 0.25) is 11.8 Å². The zero-order chi connectivity index (χ0) is 27.2. The van der Waals surface area contributed by atoms with Gasteiger partial charge >= 0.3 is 0 Å². The molecule has 3 amide bonds. The second kappa shape index (κ2) is 12.8. The third-order valence-electron chi connectivity index (χ3n) is 9.77. The molecule has 0 radical (unpaired) electrons. The first-order valence-electron chi connectivity index (χ1n) is 15.7. The molecular weight excluding hydrogens is 488 g/mol. The minimum absolute atomic E-state index is 0.0687. The Morgan fingerprint density at radius 2 is 1.59 bits per heavy atom. The Hall–Kier alpha value is -2.41. The standard InChI is InChI=1S/C32H48N4O3/c1-2-3-20-36-30(38)28(23-25-10-6-4-7-11-25)33-31(39)32(36)16-21-34(22-17-32)24-26-12-14-27(15-13-26)29(37)35-18-8-5-9-19-35/h12-15,25,28H,2-11,16-24H2,1H3,(H,33,39)/t28-/m0/s1. The lowest BCUT2D eigenvalue weighted by molar-refractivity contribution is -0.162. The van der Waals surface area contributed by atoms with E-state index in [1.54, 1.807) is 0 Å². The van der Waals surface area contributed by atoms with Gasteiger partial charge in [-0.05, 0) is 68.6 Å². The molecule has 3 heterocycles. The van der Waals surface area contributed by atoms with Gasteiger partial charge in [-0.15, -0.1) is 0 Å².